The minimum Gasteiger partial charge on any atom is -0.494 e. The first kappa shape index (κ1) is 17.8. The molecule has 30 heavy (non-hydrogen) atoms. The molecule has 5 rings (SSSR count). The van der Waals surface area contributed by atoms with Gasteiger partial charge >= 0.3 is 0 Å². The molecule has 0 unspecified atom stereocenters. The van der Waals surface area contributed by atoms with Gasteiger partial charge in [-0.05, 0) is 18.1 Å². The number of nitrogens with zero attached hydrogens (tertiary/aromatic N) is 6. The van der Waals surface area contributed by atoms with E-state index in [4.69, 9.17) is 9.15 Å². The SMILES string of the molecule is COc1cc(-c2cnn(C)c2)cn2ncc(C#Cc3cnc(-c4ccoc4)n3C)c12. The molecule has 8 heteroatoms. The summed E-state index contributed by atoms with van der Waals surface area (Å²) in [5.74, 6) is 7.89. The van der Waals surface area contributed by atoms with E-state index < -0.39 is 0 Å². The van der Waals surface area contributed by atoms with Crippen molar-refractivity contribution >= 4 is 5.52 Å². The summed E-state index contributed by atoms with van der Waals surface area (Å²) >= 11 is 0. The van der Waals surface area contributed by atoms with Gasteiger partial charge in [0.1, 0.15) is 29.0 Å². The van der Waals surface area contributed by atoms with E-state index in [9.17, 15) is 0 Å². The lowest BCUT2D eigenvalue weighted by atomic mass is 10.1. The molecular formula is C22H18N6O2. The molecule has 148 valence electrons. The highest BCUT2D eigenvalue weighted by atomic mass is 16.5. The van der Waals surface area contributed by atoms with Gasteiger partial charge in [0.05, 0.1) is 43.1 Å². The highest BCUT2D eigenvalue weighted by Gasteiger charge is 2.13. The van der Waals surface area contributed by atoms with Crippen LogP contribution in [0.4, 0.5) is 0 Å². The summed E-state index contributed by atoms with van der Waals surface area (Å²) < 4.78 is 16.3. The van der Waals surface area contributed by atoms with Crippen LogP contribution < -0.4 is 4.74 Å². The fraction of sp³-hybridized carbons (Fsp3) is 0.136. The number of rotatable bonds is 3. The van der Waals surface area contributed by atoms with Crippen LogP contribution in [0, 0.1) is 11.8 Å². The third kappa shape index (κ3) is 2.93. The van der Waals surface area contributed by atoms with Crippen molar-refractivity contribution in [1.82, 2.24) is 28.9 Å². The van der Waals surface area contributed by atoms with E-state index in [1.807, 2.05) is 49.4 Å². The largest absolute Gasteiger partial charge is 0.494 e. The zero-order valence-electron chi connectivity index (χ0n) is 16.7. The van der Waals surface area contributed by atoms with Crippen molar-refractivity contribution < 1.29 is 9.15 Å². The van der Waals surface area contributed by atoms with Crippen molar-refractivity contribution in [3.05, 3.63) is 66.9 Å². The molecular weight excluding hydrogens is 380 g/mol. The molecule has 0 atom stereocenters. The van der Waals surface area contributed by atoms with Crippen molar-refractivity contribution in [3.63, 3.8) is 0 Å². The Hall–Kier alpha value is -4.25. The Kier molecular flexibility index (Phi) is 4.14. The number of ether oxygens (including phenoxy) is 1. The molecule has 0 aromatic carbocycles. The first-order chi connectivity index (χ1) is 14.6. The maximum Gasteiger partial charge on any atom is 0.146 e. The lowest BCUT2D eigenvalue weighted by Crippen LogP contribution is -1.95. The van der Waals surface area contributed by atoms with E-state index >= 15 is 0 Å². The Morgan fingerprint density at radius 1 is 1.00 bits per heavy atom. The number of methoxy groups -OCH3 is 1. The van der Waals surface area contributed by atoms with Crippen molar-refractivity contribution in [2.24, 2.45) is 14.1 Å². The number of aryl methyl sites for hydroxylation is 1. The van der Waals surface area contributed by atoms with E-state index in [2.05, 4.69) is 27.0 Å². The van der Waals surface area contributed by atoms with Crippen LogP contribution in [0.2, 0.25) is 0 Å². The fourth-order valence-corrected chi connectivity index (χ4v) is 3.38. The molecule has 5 aromatic rings. The predicted molar refractivity (Wildman–Crippen MR) is 111 cm³/mol. The Labute approximate surface area is 172 Å². The second kappa shape index (κ2) is 6.97. The van der Waals surface area contributed by atoms with Gasteiger partial charge in [-0.25, -0.2) is 9.50 Å². The molecule has 0 fully saturated rings. The fourth-order valence-electron chi connectivity index (χ4n) is 3.38. The second-order valence-electron chi connectivity index (χ2n) is 6.84. The van der Waals surface area contributed by atoms with Gasteiger partial charge < -0.3 is 13.7 Å². The Morgan fingerprint density at radius 2 is 1.90 bits per heavy atom. The molecule has 8 nitrogen and oxygen atoms in total. The van der Waals surface area contributed by atoms with Crippen LogP contribution in [-0.2, 0) is 14.1 Å². The monoisotopic (exact) mass is 398 g/mol. The first-order valence-electron chi connectivity index (χ1n) is 9.25. The summed E-state index contributed by atoms with van der Waals surface area (Å²) in [4.78, 5) is 4.45. The summed E-state index contributed by atoms with van der Waals surface area (Å²) in [6.45, 7) is 0. The topological polar surface area (TPSA) is 75.3 Å². The van der Waals surface area contributed by atoms with E-state index in [1.165, 1.54) is 0 Å². The number of aromatic nitrogens is 6. The lowest BCUT2D eigenvalue weighted by molar-refractivity contribution is 0.417. The molecule has 0 amide bonds. The Bertz CT molecular complexity index is 1410. The van der Waals surface area contributed by atoms with Crippen molar-refractivity contribution in [2.45, 2.75) is 0 Å². The minimum atomic E-state index is 0.697. The molecule has 0 bridgehead atoms. The van der Waals surface area contributed by atoms with Gasteiger partial charge in [-0.3, -0.25) is 4.68 Å². The molecule has 0 radical (unpaired) electrons. The van der Waals surface area contributed by atoms with Gasteiger partial charge in [0.25, 0.3) is 0 Å². The standard InChI is InChI=1S/C22H18N6O2/c1-26-12-18(10-24-26)17-8-20(29-3)21-15(9-25-28(21)13-17)4-5-19-11-23-22(27(19)2)16-6-7-30-14-16/h6-14H,1-3H3. The Balaban J connectivity index is 1.55. The number of hydrogen-bond donors (Lipinski definition) is 0. The normalized spacial score (nSPS) is 10.9. The molecule has 0 saturated heterocycles. The van der Waals surface area contributed by atoms with Crippen LogP contribution in [-0.4, -0.2) is 36.1 Å². The summed E-state index contributed by atoms with van der Waals surface area (Å²) in [7, 11) is 5.46. The molecule has 5 heterocycles. The van der Waals surface area contributed by atoms with E-state index in [1.54, 1.807) is 41.2 Å². The third-order valence-electron chi connectivity index (χ3n) is 4.93. The van der Waals surface area contributed by atoms with Crippen LogP contribution >= 0.6 is 0 Å². The van der Waals surface area contributed by atoms with Gasteiger partial charge in [-0.2, -0.15) is 10.2 Å². The van der Waals surface area contributed by atoms with E-state index in [0.29, 0.717) is 5.75 Å². The van der Waals surface area contributed by atoms with Crippen molar-refractivity contribution in [2.75, 3.05) is 7.11 Å². The summed E-state index contributed by atoms with van der Waals surface area (Å²) in [6, 6.07) is 3.84. The van der Waals surface area contributed by atoms with Gasteiger partial charge in [0.15, 0.2) is 0 Å². The van der Waals surface area contributed by atoms with Gasteiger partial charge in [-0.1, -0.05) is 5.92 Å². The predicted octanol–water partition coefficient (Wildman–Crippen LogP) is 3.14. The molecule has 0 aliphatic carbocycles. The average Bonchev–Trinajstić information content (AvgIpc) is 3.53. The zero-order valence-corrected chi connectivity index (χ0v) is 16.7. The number of pyridine rings is 1. The summed E-state index contributed by atoms with van der Waals surface area (Å²) in [5.41, 5.74) is 5.24. The van der Waals surface area contributed by atoms with Gasteiger partial charge in [-0.15, -0.1) is 0 Å². The van der Waals surface area contributed by atoms with Crippen LogP contribution in [0.5, 0.6) is 5.75 Å². The van der Waals surface area contributed by atoms with Crippen molar-refractivity contribution in [3.8, 4) is 40.1 Å². The van der Waals surface area contributed by atoms with E-state index in [-0.39, 0.29) is 0 Å². The maximum atomic E-state index is 5.64. The average molecular weight is 398 g/mol. The number of furan rings is 1. The van der Waals surface area contributed by atoms with Gasteiger partial charge in [0, 0.05) is 37.6 Å². The lowest BCUT2D eigenvalue weighted by Gasteiger charge is -2.06. The number of imidazole rings is 1. The highest BCUT2D eigenvalue weighted by molar-refractivity contribution is 5.75. The van der Waals surface area contributed by atoms with Crippen LogP contribution in [0.15, 0.2) is 60.1 Å². The first-order valence-corrected chi connectivity index (χ1v) is 9.25. The molecule has 5 aromatic heterocycles. The third-order valence-corrected chi connectivity index (χ3v) is 4.93. The molecule has 0 saturated carbocycles. The minimum absolute atomic E-state index is 0.697. The summed E-state index contributed by atoms with van der Waals surface area (Å²) in [6.07, 6.45) is 12.5. The molecule has 0 aliphatic heterocycles. The van der Waals surface area contributed by atoms with Crippen molar-refractivity contribution in [1.29, 1.82) is 0 Å². The molecule has 0 N–H and O–H groups in total. The molecule has 0 spiro atoms. The Morgan fingerprint density at radius 3 is 2.63 bits per heavy atom. The number of hydrogen-bond acceptors (Lipinski definition) is 5. The highest BCUT2D eigenvalue weighted by Crippen LogP contribution is 2.29. The van der Waals surface area contributed by atoms with Crippen LogP contribution in [0.1, 0.15) is 11.3 Å². The smallest absolute Gasteiger partial charge is 0.146 e. The second-order valence-corrected chi connectivity index (χ2v) is 6.84. The van der Waals surface area contributed by atoms with E-state index in [0.717, 1.165) is 39.3 Å². The van der Waals surface area contributed by atoms with Gasteiger partial charge in [0.2, 0.25) is 0 Å². The van der Waals surface area contributed by atoms with Crippen LogP contribution in [0.3, 0.4) is 0 Å². The number of fused-ring (bicyclic) bond motifs is 1. The zero-order chi connectivity index (χ0) is 20.7. The maximum absolute atomic E-state index is 5.64. The summed E-state index contributed by atoms with van der Waals surface area (Å²) in [5, 5.41) is 8.71. The molecule has 0 aliphatic rings. The quantitative estimate of drug-likeness (QED) is 0.437. The van der Waals surface area contributed by atoms with Crippen LogP contribution in [0.25, 0.3) is 28.0 Å².